The van der Waals surface area contributed by atoms with Crippen molar-refractivity contribution >= 4 is 17.3 Å². The van der Waals surface area contributed by atoms with Crippen LogP contribution in [0.4, 0.5) is 0 Å². The van der Waals surface area contributed by atoms with Crippen molar-refractivity contribution in [3.8, 4) is 22.0 Å². The highest BCUT2D eigenvalue weighted by molar-refractivity contribution is 7.15. The first kappa shape index (κ1) is 13.6. The normalized spacial score (nSPS) is 10.7. The molecule has 2 aromatic heterocycles. The highest BCUT2D eigenvalue weighted by Crippen LogP contribution is 2.34. The summed E-state index contributed by atoms with van der Waals surface area (Å²) in [5.41, 5.74) is 1.63. The molecule has 0 fully saturated rings. The summed E-state index contributed by atoms with van der Waals surface area (Å²) < 4.78 is 5.58. The van der Waals surface area contributed by atoms with Gasteiger partial charge < -0.3 is 9.52 Å². The second-order valence-electron chi connectivity index (χ2n) is 4.64. The molecule has 0 atom stereocenters. The molecule has 0 unspecified atom stereocenters. The predicted octanol–water partition coefficient (Wildman–Crippen LogP) is 4.01. The van der Waals surface area contributed by atoms with Crippen LogP contribution in [-0.4, -0.2) is 16.1 Å². The van der Waals surface area contributed by atoms with Gasteiger partial charge in [0.1, 0.15) is 5.76 Å². The van der Waals surface area contributed by atoms with Gasteiger partial charge in [-0.2, -0.15) is 0 Å². The fourth-order valence-corrected chi connectivity index (χ4v) is 3.12. The number of hydrogen-bond donors (Lipinski definition) is 1. The Hall–Kier alpha value is -2.40. The van der Waals surface area contributed by atoms with Gasteiger partial charge in [0.2, 0.25) is 0 Å². The number of thiazole rings is 1. The van der Waals surface area contributed by atoms with E-state index in [1.807, 2.05) is 49.4 Å². The van der Waals surface area contributed by atoms with Crippen molar-refractivity contribution < 1.29 is 14.3 Å². The van der Waals surface area contributed by atoms with Crippen molar-refractivity contribution in [2.24, 2.45) is 0 Å². The Balaban J connectivity index is 2.09. The van der Waals surface area contributed by atoms with Gasteiger partial charge in [0.05, 0.1) is 12.1 Å². The minimum absolute atomic E-state index is 0.0401. The van der Waals surface area contributed by atoms with E-state index < -0.39 is 5.97 Å². The molecule has 3 rings (SSSR count). The third kappa shape index (κ3) is 2.87. The third-order valence-electron chi connectivity index (χ3n) is 3.01. The fourth-order valence-electron chi connectivity index (χ4n) is 2.09. The number of aryl methyl sites for hydroxylation is 1. The number of carbonyl (C=O) groups is 1. The Morgan fingerprint density at radius 3 is 2.62 bits per heavy atom. The number of rotatable bonds is 4. The van der Waals surface area contributed by atoms with Gasteiger partial charge in [-0.1, -0.05) is 30.3 Å². The monoisotopic (exact) mass is 299 g/mol. The van der Waals surface area contributed by atoms with Crippen molar-refractivity contribution in [3.63, 3.8) is 0 Å². The van der Waals surface area contributed by atoms with Crippen LogP contribution in [0.2, 0.25) is 0 Å². The lowest BCUT2D eigenvalue weighted by molar-refractivity contribution is -0.136. The number of carboxylic acid groups (broad SMARTS) is 1. The van der Waals surface area contributed by atoms with E-state index in [1.54, 1.807) is 0 Å². The van der Waals surface area contributed by atoms with E-state index in [1.165, 1.54) is 11.3 Å². The molecule has 3 aromatic rings. The molecule has 5 heteroatoms. The van der Waals surface area contributed by atoms with Crippen molar-refractivity contribution in [2.75, 3.05) is 0 Å². The minimum atomic E-state index is -0.863. The Bertz CT molecular complexity index is 774. The van der Waals surface area contributed by atoms with Crippen LogP contribution in [0.3, 0.4) is 0 Å². The van der Waals surface area contributed by atoms with E-state index in [2.05, 4.69) is 4.98 Å². The Kier molecular flexibility index (Phi) is 3.58. The molecule has 0 bridgehead atoms. The molecule has 0 spiro atoms. The van der Waals surface area contributed by atoms with Gasteiger partial charge in [-0.05, 0) is 19.1 Å². The van der Waals surface area contributed by atoms with Crippen LogP contribution < -0.4 is 0 Å². The van der Waals surface area contributed by atoms with Crippen LogP contribution in [0.1, 0.15) is 10.6 Å². The van der Waals surface area contributed by atoms with E-state index in [-0.39, 0.29) is 6.42 Å². The average Bonchev–Trinajstić information content (AvgIpc) is 3.06. The zero-order valence-corrected chi connectivity index (χ0v) is 12.2. The molecule has 0 aliphatic rings. The Labute approximate surface area is 125 Å². The lowest BCUT2D eigenvalue weighted by atomic mass is 10.1. The molecule has 1 N–H and O–H groups in total. The van der Waals surface area contributed by atoms with Gasteiger partial charge in [-0.25, -0.2) is 4.98 Å². The van der Waals surface area contributed by atoms with E-state index in [9.17, 15) is 4.79 Å². The van der Waals surface area contributed by atoms with Crippen LogP contribution in [0.5, 0.6) is 0 Å². The van der Waals surface area contributed by atoms with Gasteiger partial charge >= 0.3 is 5.97 Å². The second kappa shape index (κ2) is 5.54. The SMILES string of the molecule is Cc1ccc(-c2nc(-c3ccccc3)c(CC(=O)O)s2)o1. The van der Waals surface area contributed by atoms with Gasteiger partial charge in [0.25, 0.3) is 0 Å². The summed E-state index contributed by atoms with van der Waals surface area (Å²) in [7, 11) is 0. The van der Waals surface area contributed by atoms with Crippen molar-refractivity contribution in [3.05, 3.63) is 53.1 Å². The van der Waals surface area contributed by atoms with Gasteiger partial charge in [-0.15, -0.1) is 11.3 Å². The molecule has 0 aliphatic carbocycles. The molecule has 2 heterocycles. The first-order valence-corrected chi connectivity index (χ1v) is 7.29. The number of hydrogen-bond acceptors (Lipinski definition) is 4. The fraction of sp³-hybridized carbons (Fsp3) is 0.125. The average molecular weight is 299 g/mol. The lowest BCUT2D eigenvalue weighted by Gasteiger charge is -1.99. The lowest BCUT2D eigenvalue weighted by Crippen LogP contribution is -1.99. The van der Waals surface area contributed by atoms with E-state index >= 15 is 0 Å². The highest BCUT2D eigenvalue weighted by atomic mass is 32.1. The highest BCUT2D eigenvalue weighted by Gasteiger charge is 2.18. The zero-order valence-electron chi connectivity index (χ0n) is 11.4. The van der Waals surface area contributed by atoms with E-state index in [4.69, 9.17) is 9.52 Å². The molecule has 4 nitrogen and oxygen atoms in total. The van der Waals surface area contributed by atoms with Crippen LogP contribution in [-0.2, 0) is 11.2 Å². The first-order valence-electron chi connectivity index (χ1n) is 6.47. The van der Waals surface area contributed by atoms with Crippen LogP contribution in [0, 0.1) is 6.92 Å². The number of benzene rings is 1. The van der Waals surface area contributed by atoms with Crippen LogP contribution >= 0.6 is 11.3 Å². The molecule has 0 amide bonds. The molecule has 0 saturated heterocycles. The molecule has 106 valence electrons. The standard InChI is InChI=1S/C16H13NO3S/c1-10-7-8-12(20-10)16-17-15(11-5-3-2-4-6-11)13(21-16)9-14(18)19/h2-8H,9H2,1H3,(H,18,19). The maximum atomic E-state index is 11.1. The maximum Gasteiger partial charge on any atom is 0.308 e. The Morgan fingerprint density at radius 2 is 2.00 bits per heavy atom. The van der Waals surface area contributed by atoms with Gasteiger partial charge in [-0.3, -0.25) is 4.79 Å². The first-order chi connectivity index (χ1) is 10.1. The molecule has 1 aromatic carbocycles. The number of aliphatic carboxylic acids is 1. The van der Waals surface area contributed by atoms with Crippen molar-refractivity contribution in [2.45, 2.75) is 13.3 Å². The van der Waals surface area contributed by atoms with Crippen molar-refractivity contribution in [1.82, 2.24) is 4.98 Å². The number of aromatic nitrogens is 1. The Morgan fingerprint density at radius 1 is 1.24 bits per heavy atom. The molecule has 0 radical (unpaired) electrons. The van der Waals surface area contributed by atoms with Gasteiger partial charge in [0, 0.05) is 10.4 Å². The maximum absolute atomic E-state index is 11.1. The number of carboxylic acids is 1. The van der Waals surface area contributed by atoms with Crippen molar-refractivity contribution in [1.29, 1.82) is 0 Å². The topological polar surface area (TPSA) is 63.3 Å². The smallest absolute Gasteiger partial charge is 0.308 e. The minimum Gasteiger partial charge on any atom is -0.481 e. The third-order valence-corrected chi connectivity index (χ3v) is 4.08. The summed E-state index contributed by atoms with van der Waals surface area (Å²) >= 11 is 1.36. The summed E-state index contributed by atoms with van der Waals surface area (Å²) in [4.78, 5) is 16.4. The van der Waals surface area contributed by atoms with Crippen LogP contribution in [0.15, 0.2) is 46.9 Å². The van der Waals surface area contributed by atoms with E-state index in [0.717, 1.165) is 16.2 Å². The zero-order chi connectivity index (χ0) is 14.8. The number of furan rings is 1. The second-order valence-corrected chi connectivity index (χ2v) is 5.72. The summed E-state index contributed by atoms with van der Waals surface area (Å²) in [6, 6.07) is 13.3. The quantitative estimate of drug-likeness (QED) is 0.790. The van der Waals surface area contributed by atoms with Crippen LogP contribution in [0.25, 0.3) is 22.0 Å². The largest absolute Gasteiger partial charge is 0.481 e. The van der Waals surface area contributed by atoms with E-state index in [0.29, 0.717) is 16.5 Å². The summed E-state index contributed by atoms with van der Waals surface area (Å²) in [6.07, 6.45) is -0.0401. The van der Waals surface area contributed by atoms with Gasteiger partial charge in [0.15, 0.2) is 10.8 Å². The number of nitrogens with zero attached hydrogens (tertiary/aromatic N) is 1. The molecular formula is C16H13NO3S. The molecule has 0 aliphatic heterocycles. The summed E-state index contributed by atoms with van der Waals surface area (Å²) in [5.74, 6) is 0.616. The summed E-state index contributed by atoms with van der Waals surface area (Å²) in [6.45, 7) is 1.87. The summed E-state index contributed by atoms with van der Waals surface area (Å²) in [5, 5.41) is 9.78. The molecular weight excluding hydrogens is 286 g/mol. The predicted molar refractivity (Wildman–Crippen MR) is 81.3 cm³/mol. The molecule has 0 saturated carbocycles. The molecule has 21 heavy (non-hydrogen) atoms.